The van der Waals surface area contributed by atoms with E-state index in [1.807, 2.05) is 24.3 Å². The first kappa shape index (κ1) is 15.0. The standard InChI is InChI=1S/C16H23NO3/c1-12-7-8-17-10-15(12)20-11-14-6-4-3-5-13(14)9-16(18)19-2/h3-6,12,15,17H,7-11H2,1-2H3. The molecule has 110 valence electrons. The molecule has 0 radical (unpaired) electrons. The van der Waals surface area contributed by atoms with E-state index in [1.165, 1.54) is 7.11 Å². The van der Waals surface area contributed by atoms with Crippen molar-refractivity contribution in [2.24, 2.45) is 5.92 Å². The molecule has 1 N–H and O–H groups in total. The van der Waals surface area contributed by atoms with Crippen LogP contribution < -0.4 is 5.32 Å². The molecule has 1 heterocycles. The van der Waals surface area contributed by atoms with Crippen LogP contribution >= 0.6 is 0 Å². The van der Waals surface area contributed by atoms with Crippen molar-refractivity contribution in [2.45, 2.75) is 32.5 Å². The van der Waals surface area contributed by atoms with Crippen LogP contribution in [0.2, 0.25) is 0 Å². The van der Waals surface area contributed by atoms with E-state index in [4.69, 9.17) is 9.47 Å². The molecule has 0 bridgehead atoms. The van der Waals surface area contributed by atoms with Crippen LogP contribution in [0.1, 0.15) is 24.5 Å². The van der Waals surface area contributed by atoms with Crippen LogP contribution in [0.4, 0.5) is 0 Å². The average molecular weight is 277 g/mol. The van der Waals surface area contributed by atoms with Crippen LogP contribution in [0.25, 0.3) is 0 Å². The van der Waals surface area contributed by atoms with Gasteiger partial charge in [0.1, 0.15) is 0 Å². The number of nitrogens with one attached hydrogen (secondary N) is 1. The Balaban J connectivity index is 1.96. The molecule has 0 amide bonds. The number of carbonyl (C=O) groups is 1. The molecule has 1 aromatic carbocycles. The Hall–Kier alpha value is -1.39. The maximum atomic E-state index is 11.4. The predicted octanol–water partition coefficient (Wildman–Crippen LogP) is 1.92. The summed E-state index contributed by atoms with van der Waals surface area (Å²) >= 11 is 0. The third-order valence-corrected chi connectivity index (χ3v) is 3.89. The normalized spacial score (nSPS) is 22.5. The Bertz CT molecular complexity index is 447. The lowest BCUT2D eigenvalue weighted by molar-refractivity contribution is -0.139. The highest BCUT2D eigenvalue weighted by molar-refractivity contribution is 5.72. The van der Waals surface area contributed by atoms with Crippen molar-refractivity contribution in [3.8, 4) is 0 Å². The van der Waals surface area contributed by atoms with Crippen molar-refractivity contribution in [1.82, 2.24) is 5.32 Å². The topological polar surface area (TPSA) is 47.6 Å². The van der Waals surface area contributed by atoms with Gasteiger partial charge in [0.25, 0.3) is 0 Å². The molecular weight excluding hydrogens is 254 g/mol. The molecule has 4 nitrogen and oxygen atoms in total. The first-order chi connectivity index (χ1) is 9.70. The number of piperidine rings is 1. The van der Waals surface area contributed by atoms with E-state index < -0.39 is 0 Å². The van der Waals surface area contributed by atoms with Gasteiger partial charge in [0, 0.05) is 6.54 Å². The minimum Gasteiger partial charge on any atom is -0.469 e. The largest absolute Gasteiger partial charge is 0.469 e. The van der Waals surface area contributed by atoms with Crippen LogP contribution in [0.3, 0.4) is 0 Å². The Labute approximate surface area is 120 Å². The third kappa shape index (κ3) is 4.05. The van der Waals surface area contributed by atoms with Gasteiger partial charge in [0.05, 0.1) is 26.2 Å². The second kappa shape index (κ2) is 7.41. The molecule has 4 heteroatoms. The van der Waals surface area contributed by atoms with Gasteiger partial charge in [-0.15, -0.1) is 0 Å². The van der Waals surface area contributed by atoms with E-state index in [0.717, 1.165) is 30.6 Å². The SMILES string of the molecule is COC(=O)Cc1ccccc1COC1CNCCC1C. The zero-order valence-electron chi connectivity index (χ0n) is 12.2. The number of hydrogen-bond acceptors (Lipinski definition) is 4. The summed E-state index contributed by atoms with van der Waals surface area (Å²) in [6.45, 7) is 4.75. The summed E-state index contributed by atoms with van der Waals surface area (Å²) in [5.74, 6) is 0.356. The zero-order valence-corrected chi connectivity index (χ0v) is 12.2. The highest BCUT2D eigenvalue weighted by Crippen LogP contribution is 2.18. The number of rotatable bonds is 5. The highest BCUT2D eigenvalue weighted by Gasteiger charge is 2.21. The number of hydrogen-bond donors (Lipinski definition) is 1. The number of methoxy groups -OCH3 is 1. The van der Waals surface area contributed by atoms with Gasteiger partial charge in [0.15, 0.2) is 0 Å². The molecule has 2 rings (SSSR count). The van der Waals surface area contributed by atoms with Crippen LogP contribution in [-0.4, -0.2) is 32.3 Å². The Morgan fingerprint density at radius 2 is 2.10 bits per heavy atom. The fraction of sp³-hybridized carbons (Fsp3) is 0.562. The molecule has 1 aliphatic rings. The summed E-state index contributed by atoms with van der Waals surface area (Å²) in [6, 6.07) is 7.88. The molecule has 0 spiro atoms. The van der Waals surface area contributed by atoms with Crippen LogP contribution in [-0.2, 0) is 27.3 Å². The van der Waals surface area contributed by atoms with E-state index in [0.29, 0.717) is 18.9 Å². The van der Waals surface area contributed by atoms with Gasteiger partial charge in [0.2, 0.25) is 0 Å². The lowest BCUT2D eigenvalue weighted by atomic mass is 9.97. The zero-order chi connectivity index (χ0) is 14.4. The van der Waals surface area contributed by atoms with Crippen molar-refractivity contribution >= 4 is 5.97 Å². The Morgan fingerprint density at radius 3 is 2.80 bits per heavy atom. The monoisotopic (exact) mass is 277 g/mol. The molecule has 0 saturated carbocycles. The fourth-order valence-corrected chi connectivity index (χ4v) is 2.48. The molecule has 1 fully saturated rings. The molecule has 1 aromatic rings. The summed E-state index contributed by atoms with van der Waals surface area (Å²) in [7, 11) is 1.41. The second-order valence-electron chi connectivity index (χ2n) is 5.34. The number of esters is 1. The van der Waals surface area contributed by atoms with Gasteiger partial charge in [-0.3, -0.25) is 4.79 Å². The summed E-state index contributed by atoms with van der Waals surface area (Å²) < 4.78 is 10.8. The van der Waals surface area contributed by atoms with Gasteiger partial charge >= 0.3 is 5.97 Å². The van der Waals surface area contributed by atoms with Crippen LogP contribution in [0.5, 0.6) is 0 Å². The summed E-state index contributed by atoms with van der Waals surface area (Å²) in [6.07, 6.45) is 1.69. The van der Waals surface area contributed by atoms with Crippen molar-refractivity contribution in [1.29, 1.82) is 0 Å². The Morgan fingerprint density at radius 1 is 1.35 bits per heavy atom. The van der Waals surface area contributed by atoms with Gasteiger partial charge in [-0.1, -0.05) is 31.2 Å². The molecule has 20 heavy (non-hydrogen) atoms. The molecule has 1 saturated heterocycles. The first-order valence-electron chi connectivity index (χ1n) is 7.16. The van der Waals surface area contributed by atoms with E-state index >= 15 is 0 Å². The number of benzene rings is 1. The van der Waals surface area contributed by atoms with Gasteiger partial charge in [-0.25, -0.2) is 0 Å². The average Bonchev–Trinajstić information content (AvgIpc) is 2.47. The van der Waals surface area contributed by atoms with Gasteiger partial charge < -0.3 is 14.8 Å². The van der Waals surface area contributed by atoms with Crippen molar-refractivity contribution in [3.05, 3.63) is 35.4 Å². The lowest BCUT2D eigenvalue weighted by Gasteiger charge is -2.29. The van der Waals surface area contributed by atoms with E-state index in [-0.39, 0.29) is 12.1 Å². The minimum atomic E-state index is -0.217. The molecule has 1 aliphatic heterocycles. The van der Waals surface area contributed by atoms with E-state index in [2.05, 4.69) is 12.2 Å². The number of ether oxygens (including phenoxy) is 2. The van der Waals surface area contributed by atoms with Crippen LogP contribution in [0, 0.1) is 5.92 Å². The molecule has 0 aromatic heterocycles. The summed E-state index contributed by atoms with van der Waals surface area (Å²) in [5.41, 5.74) is 2.05. The second-order valence-corrected chi connectivity index (χ2v) is 5.34. The van der Waals surface area contributed by atoms with E-state index in [1.54, 1.807) is 0 Å². The lowest BCUT2D eigenvalue weighted by Crippen LogP contribution is -2.41. The van der Waals surface area contributed by atoms with Gasteiger partial charge in [-0.2, -0.15) is 0 Å². The smallest absolute Gasteiger partial charge is 0.309 e. The van der Waals surface area contributed by atoms with E-state index in [9.17, 15) is 4.79 Å². The van der Waals surface area contributed by atoms with Gasteiger partial charge in [-0.05, 0) is 30.0 Å². The maximum Gasteiger partial charge on any atom is 0.309 e. The first-order valence-corrected chi connectivity index (χ1v) is 7.16. The summed E-state index contributed by atoms with van der Waals surface area (Å²) in [4.78, 5) is 11.4. The summed E-state index contributed by atoms with van der Waals surface area (Å²) in [5, 5.41) is 3.36. The molecule has 0 aliphatic carbocycles. The predicted molar refractivity (Wildman–Crippen MR) is 77.4 cm³/mol. The fourth-order valence-electron chi connectivity index (χ4n) is 2.48. The van der Waals surface area contributed by atoms with Crippen LogP contribution in [0.15, 0.2) is 24.3 Å². The minimum absolute atomic E-state index is 0.217. The Kier molecular flexibility index (Phi) is 5.56. The quantitative estimate of drug-likeness (QED) is 0.835. The molecule has 2 atom stereocenters. The van der Waals surface area contributed by atoms with Crippen molar-refractivity contribution in [2.75, 3.05) is 20.2 Å². The van der Waals surface area contributed by atoms with Crippen molar-refractivity contribution in [3.63, 3.8) is 0 Å². The molecule has 2 unspecified atom stereocenters. The third-order valence-electron chi connectivity index (χ3n) is 3.89. The highest BCUT2D eigenvalue weighted by atomic mass is 16.5. The number of carbonyl (C=O) groups excluding carboxylic acids is 1. The van der Waals surface area contributed by atoms with Crippen molar-refractivity contribution < 1.29 is 14.3 Å². The maximum absolute atomic E-state index is 11.4. The molecular formula is C16H23NO3.